The van der Waals surface area contributed by atoms with Crippen LogP contribution in [0.4, 0.5) is 9.52 Å². The first-order valence-electron chi connectivity index (χ1n) is 6.90. The Morgan fingerprint density at radius 2 is 2.08 bits per heavy atom. The zero-order valence-corrected chi connectivity index (χ0v) is 14.9. The van der Waals surface area contributed by atoms with Crippen LogP contribution in [-0.4, -0.2) is 19.3 Å². The molecule has 6 nitrogen and oxygen atoms in total. The maximum atomic E-state index is 13.7. The quantitative estimate of drug-likeness (QED) is 0.704. The summed E-state index contributed by atoms with van der Waals surface area (Å²) in [6.07, 6.45) is -0.246. The summed E-state index contributed by atoms with van der Waals surface area (Å²) in [6.45, 7) is 0. The molecule has 0 atom stereocenters. The van der Waals surface area contributed by atoms with Gasteiger partial charge in [0.05, 0.1) is 21.5 Å². The third kappa shape index (κ3) is 3.96. The molecule has 1 amide bonds. The molecule has 0 unspecified atom stereocenters. The van der Waals surface area contributed by atoms with Crippen molar-refractivity contribution in [2.24, 2.45) is 5.14 Å². The first-order valence-corrected chi connectivity index (χ1v) is 9.64. The van der Waals surface area contributed by atoms with Gasteiger partial charge in [-0.3, -0.25) is 4.79 Å². The minimum atomic E-state index is -3.82. The lowest BCUT2D eigenvalue weighted by molar-refractivity contribution is -0.115. The van der Waals surface area contributed by atoms with Gasteiger partial charge < -0.3 is 5.32 Å². The topological polar surface area (TPSA) is 102 Å². The Kier molecular flexibility index (Phi) is 4.74. The first-order chi connectivity index (χ1) is 11.7. The van der Waals surface area contributed by atoms with Crippen LogP contribution >= 0.6 is 22.9 Å². The molecule has 0 radical (unpaired) electrons. The van der Waals surface area contributed by atoms with Gasteiger partial charge in [0.25, 0.3) is 0 Å². The highest BCUT2D eigenvalue weighted by molar-refractivity contribution is 7.89. The van der Waals surface area contributed by atoms with Gasteiger partial charge >= 0.3 is 0 Å². The first kappa shape index (κ1) is 17.7. The van der Waals surface area contributed by atoms with Crippen LogP contribution in [0.2, 0.25) is 5.02 Å². The molecule has 0 aliphatic heterocycles. The Hall–Kier alpha value is -2.07. The van der Waals surface area contributed by atoms with E-state index in [1.54, 1.807) is 0 Å². The number of rotatable bonds is 4. The number of primary sulfonamides is 1. The molecule has 130 valence electrons. The van der Waals surface area contributed by atoms with Gasteiger partial charge in [0, 0.05) is 10.6 Å². The van der Waals surface area contributed by atoms with Crippen LogP contribution < -0.4 is 10.5 Å². The van der Waals surface area contributed by atoms with E-state index in [4.69, 9.17) is 16.7 Å². The van der Waals surface area contributed by atoms with Crippen LogP contribution in [0, 0.1) is 5.82 Å². The number of anilines is 1. The van der Waals surface area contributed by atoms with Crippen molar-refractivity contribution >= 4 is 54.2 Å². The van der Waals surface area contributed by atoms with Crippen LogP contribution in [0.15, 0.2) is 41.3 Å². The highest BCUT2D eigenvalue weighted by Gasteiger charge is 2.15. The number of carbonyl (C=O) groups is 1. The number of benzene rings is 2. The summed E-state index contributed by atoms with van der Waals surface area (Å²) < 4.78 is 37.0. The van der Waals surface area contributed by atoms with E-state index >= 15 is 0 Å². The minimum absolute atomic E-state index is 0.0420. The highest BCUT2D eigenvalue weighted by atomic mass is 35.5. The molecule has 0 spiro atoms. The predicted molar refractivity (Wildman–Crippen MR) is 94.7 cm³/mol. The number of fused-ring (bicyclic) bond motifs is 1. The Balaban J connectivity index is 1.82. The number of nitrogens with two attached hydrogens (primary N) is 1. The van der Waals surface area contributed by atoms with Crippen LogP contribution in [0.5, 0.6) is 0 Å². The maximum absolute atomic E-state index is 13.7. The van der Waals surface area contributed by atoms with E-state index in [0.717, 1.165) is 11.3 Å². The molecule has 0 saturated heterocycles. The van der Waals surface area contributed by atoms with Gasteiger partial charge in [-0.2, -0.15) is 0 Å². The monoisotopic (exact) mass is 399 g/mol. The molecule has 0 bridgehead atoms. The van der Waals surface area contributed by atoms with E-state index in [0.29, 0.717) is 10.2 Å². The molecule has 3 N–H and O–H groups in total. The van der Waals surface area contributed by atoms with E-state index < -0.39 is 21.7 Å². The van der Waals surface area contributed by atoms with Crippen molar-refractivity contribution in [1.29, 1.82) is 0 Å². The summed E-state index contributed by atoms with van der Waals surface area (Å²) in [6, 6.07) is 8.39. The number of thiazole rings is 1. The van der Waals surface area contributed by atoms with Crippen molar-refractivity contribution in [3.63, 3.8) is 0 Å². The highest BCUT2D eigenvalue weighted by Crippen LogP contribution is 2.28. The summed E-state index contributed by atoms with van der Waals surface area (Å²) in [5.74, 6) is -1.05. The Labute approximate surface area is 151 Å². The van der Waals surface area contributed by atoms with Gasteiger partial charge in [0.15, 0.2) is 5.13 Å². The predicted octanol–water partition coefficient (Wildman–Crippen LogP) is 2.92. The number of nitrogens with one attached hydrogen (secondary N) is 1. The molecule has 2 aromatic carbocycles. The fourth-order valence-electron chi connectivity index (χ4n) is 2.16. The van der Waals surface area contributed by atoms with Gasteiger partial charge in [-0.25, -0.2) is 22.9 Å². The number of amides is 1. The Morgan fingerprint density at radius 3 is 2.76 bits per heavy atom. The molecule has 10 heteroatoms. The van der Waals surface area contributed by atoms with Gasteiger partial charge in [-0.05, 0) is 30.3 Å². The molecule has 0 aliphatic rings. The van der Waals surface area contributed by atoms with E-state index in [1.807, 2.05) is 0 Å². The van der Waals surface area contributed by atoms with Crippen molar-refractivity contribution in [3.05, 3.63) is 52.8 Å². The minimum Gasteiger partial charge on any atom is -0.302 e. The van der Waals surface area contributed by atoms with Gasteiger partial charge in [-0.15, -0.1) is 0 Å². The number of carbonyl (C=O) groups excluding carboxylic acids is 1. The summed E-state index contributed by atoms with van der Waals surface area (Å²) in [7, 11) is -3.82. The van der Waals surface area contributed by atoms with Crippen molar-refractivity contribution in [3.8, 4) is 0 Å². The molecule has 1 aromatic heterocycles. The summed E-state index contributed by atoms with van der Waals surface area (Å²) >= 11 is 6.98. The molecule has 1 heterocycles. The fourth-order valence-corrected chi connectivity index (χ4v) is 3.93. The van der Waals surface area contributed by atoms with Crippen LogP contribution in [0.1, 0.15) is 5.56 Å². The second-order valence-electron chi connectivity index (χ2n) is 5.12. The van der Waals surface area contributed by atoms with Crippen LogP contribution in [0.3, 0.4) is 0 Å². The molecular formula is C15H11ClFN3O3S2. The standard InChI is InChI=1S/C15H11ClFN3O3S2/c16-10-2-1-3-11(17)9(10)7-14(21)20-15-19-12-5-4-8(25(18,22)23)6-13(12)24-15/h1-6H,7H2,(H2,18,22,23)(H,19,20,21). The molecule has 25 heavy (non-hydrogen) atoms. The number of nitrogens with zero attached hydrogens (tertiary/aromatic N) is 1. The fraction of sp³-hybridized carbons (Fsp3) is 0.0667. The van der Waals surface area contributed by atoms with E-state index in [9.17, 15) is 17.6 Å². The lowest BCUT2D eigenvalue weighted by Gasteiger charge is -2.05. The lowest BCUT2D eigenvalue weighted by atomic mass is 10.1. The molecule has 3 aromatic rings. The van der Waals surface area contributed by atoms with Gasteiger partial charge in [0.2, 0.25) is 15.9 Å². The normalized spacial score (nSPS) is 11.6. The van der Waals surface area contributed by atoms with E-state index in [1.165, 1.54) is 36.4 Å². The average Bonchev–Trinajstić information content (AvgIpc) is 2.91. The van der Waals surface area contributed by atoms with Gasteiger partial charge in [0.1, 0.15) is 5.82 Å². The van der Waals surface area contributed by atoms with E-state index in [-0.39, 0.29) is 27.0 Å². The number of hydrogen-bond acceptors (Lipinski definition) is 5. The summed E-state index contributed by atoms with van der Waals surface area (Å²) in [4.78, 5) is 16.2. The summed E-state index contributed by atoms with van der Waals surface area (Å²) in [5, 5.41) is 8.07. The number of hydrogen-bond donors (Lipinski definition) is 2. The largest absolute Gasteiger partial charge is 0.302 e. The van der Waals surface area contributed by atoms with Crippen molar-refractivity contribution in [2.75, 3.05) is 5.32 Å². The third-order valence-corrected chi connectivity index (χ3v) is 5.53. The van der Waals surface area contributed by atoms with Crippen molar-refractivity contribution in [1.82, 2.24) is 4.98 Å². The van der Waals surface area contributed by atoms with Gasteiger partial charge in [-0.1, -0.05) is 29.0 Å². The molecule has 0 fully saturated rings. The van der Waals surface area contributed by atoms with Crippen molar-refractivity contribution < 1.29 is 17.6 Å². The number of sulfonamides is 1. The second kappa shape index (κ2) is 6.68. The van der Waals surface area contributed by atoms with E-state index in [2.05, 4.69) is 10.3 Å². The maximum Gasteiger partial charge on any atom is 0.238 e. The van der Waals surface area contributed by atoms with Crippen LogP contribution in [0.25, 0.3) is 10.2 Å². The Morgan fingerprint density at radius 1 is 1.32 bits per heavy atom. The second-order valence-corrected chi connectivity index (χ2v) is 8.12. The SMILES string of the molecule is NS(=O)(=O)c1ccc2nc(NC(=O)Cc3c(F)cccc3Cl)sc2c1. The molecule has 3 rings (SSSR count). The molecule has 0 aliphatic carbocycles. The average molecular weight is 400 g/mol. The zero-order valence-electron chi connectivity index (χ0n) is 12.5. The van der Waals surface area contributed by atoms with Crippen LogP contribution in [-0.2, 0) is 21.2 Å². The molecular weight excluding hydrogens is 389 g/mol. The zero-order chi connectivity index (χ0) is 18.2. The smallest absolute Gasteiger partial charge is 0.238 e. The number of aromatic nitrogens is 1. The molecule has 0 saturated carbocycles. The number of halogens is 2. The Bertz CT molecular complexity index is 1060. The third-order valence-electron chi connectivity index (χ3n) is 3.33. The summed E-state index contributed by atoms with van der Waals surface area (Å²) in [5.41, 5.74) is 0.607. The lowest BCUT2D eigenvalue weighted by Crippen LogP contribution is -2.15. The van der Waals surface area contributed by atoms with Crippen molar-refractivity contribution in [2.45, 2.75) is 11.3 Å².